The van der Waals surface area contributed by atoms with Gasteiger partial charge in [0.1, 0.15) is 5.82 Å². The summed E-state index contributed by atoms with van der Waals surface area (Å²) in [6, 6.07) is 7.75. The molecule has 1 aromatic carbocycles. The number of rotatable bonds is 3. The van der Waals surface area contributed by atoms with Crippen molar-refractivity contribution in [1.82, 2.24) is 9.88 Å². The van der Waals surface area contributed by atoms with Crippen LogP contribution >= 0.6 is 0 Å². The molecule has 1 fully saturated rings. The third kappa shape index (κ3) is 3.31. The summed E-state index contributed by atoms with van der Waals surface area (Å²) in [5, 5.41) is 19.1. The molecule has 1 amide bonds. The van der Waals surface area contributed by atoms with E-state index in [0.29, 0.717) is 24.1 Å². The first kappa shape index (κ1) is 18.6. The molecule has 3 rings (SSSR count). The van der Waals surface area contributed by atoms with Gasteiger partial charge in [0, 0.05) is 18.3 Å². The number of nitriles is 1. The minimum Gasteiger partial charge on any atom is -0.502 e. The Morgan fingerprint density at radius 1 is 1.41 bits per heavy atom. The van der Waals surface area contributed by atoms with E-state index < -0.39 is 28.4 Å². The molecule has 0 unspecified atom stereocenters. The van der Waals surface area contributed by atoms with Crippen molar-refractivity contribution in [3.63, 3.8) is 0 Å². The first-order valence-corrected chi connectivity index (χ1v) is 8.69. The number of H-pyrrole nitrogens is 1. The molecule has 0 radical (unpaired) electrons. The Labute approximate surface area is 155 Å². The number of pyridine rings is 1. The standard InChI is InChI=1S/C20H20FN3O3/c1-20(2,11-22)14-6-5-12(10-15(14)21)16-4-3-9-24(16)19(27)13-7-8-23-18(26)17(13)25/h5-8,10,16,25H,3-4,9H2,1-2H3,(H,23,26)/t16-/m1/s1. The van der Waals surface area contributed by atoms with Crippen molar-refractivity contribution in [1.29, 1.82) is 5.26 Å². The number of hydrogen-bond acceptors (Lipinski definition) is 4. The molecule has 6 nitrogen and oxygen atoms in total. The molecule has 0 aliphatic carbocycles. The summed E-state index contributed by atoms with van der Waals surface area (Å²) in [5.74, 6) is -1.58. The summed E-state index contributed by atoms with van der Waals surface area (Å²) in [6.45, 7) is 3.74. The van der Waals surface area contributed by atoms with Crippen LogP contribution in [0.2, 0.25) is 0 Å². The van der Waals surface area contributed by atoms with Crippen LogP contribution in [-0.4, -0.2) is 27.4 Å². The Kier molecular flexibility index (Phi) is 4.75. The maximum absolute atomic E-state index is 14.6. The predicted molar refractivity (Wildman–Crippen MR) is 96.8 cm³/mol. The van der Waals surface area contributed by atoms with Gasteiger partial charge in [-0.2, -0.15) is 5.26 Å². The molecule has 2 aromatic rings. The molecule has 1 aromatic heterocycles. The van der Waals surface area contributed by atoms with Gasteiger partial charge in [0.05, 0.1) is 23.1 Å². The molecule has 1 saturated heterocycles. The quantitative estimate of drug-likeness (QED) is 0.869. The Hall–Kier alpha value is -3.14. The van der Waals surface area contributed by atoms with Crippen molar-refractivity contribution < 1.29 is 14.3 Å². The summed E-state index contributed by atoms with van der Waals surface area (Å²) in [5.41, 5.74) is -0.832. The summed E-state index contributed by atoms with van der Waals surface area (Å²) >= 11 is 0. The van der Waals surface area contributed by atoms with Gasteiger partial charge in [-0.3, -0.25) is 9.59 Å². The number of likely N-dealkylation sites (tertiary alicyclic amines) is 1. The topological polar surface area (TPSA) is 97.2 Å². The van der Waals surface area contributed by atoms with E-state index in [1.54, 1.807) is 30.9 Å². The van der Waals surface area contributed by atoms with Crippen LogP contribution in [0.15, 0.2) is 35.3 Å². The molecule has 1 aliphatic rings. The summed E-state index contributed by atoms with van der Waals surface area (Å²) in [4.78, 5) is 28.2. The second-order valence-corrected chi connectivity index (χ2v) is 7.20. The van der Waals surface area contributed by atoms with Gasteiger partial charge in [-0.15, -0.1) is 0 Å². The number of nitrogens with one attached hydrogen (secondary N) is 1. The van der Waals surface area contributed by atoms with E-state index >= 15 is 0 Å². The maximum atomic E-state index is 14.6. The average molecular weight is 369 g/mol. The number of carbonyl (C=O) groups excluding carboxylic acids is 1. The van der Waals surface area contributed by atoms with Crippen LogP contribution < -0.4 is 5.56 Å². The fourth-order valence-corrected chi connectivity index (χ4v) is 3.46. The molecule has 0 saturated carbocycles. The number of halogens is 1. The lowest BCUT2D eigenvalue weighted by Gasteiger charge is -2.26. The third-order valence-electron chi connectivity index (χ3n) is 5.01. The molecule has 2 N–H and O–H groups in total. The molecule has 27 heavy (non-hydrogen) atoms. The number of aromatic nitrogens is 1. The smallest absolute Gasteiger partial charge is 0.290 e. The lowest BCUT2D eigenvalue weighted by molar-refractivity contribution is 0.0732. The number of hydrogen-bond donors (Lipinski definition) is 2. The Bertz CT molecular complexity index is 991. The number of carbonyl (C=O) groups is 1. The SMILES string of the molecule is CC(C)(C#N)c1ccc([C@H]2CCCN2C(=O)c2cc[nH]c(=O)c2O)cc1F. The zero-order valence-corrected chi connectivity index (χ0v) is 15.1. The fourth-order valence-electron chi connectivity index (χ4n) is 3.46. The van der Waals surface area contributed by atoms with E-state index in [2.05, 4.69) is 11.1 Å². The van der Waals surface area contributed by atoms with E-state index in [0.717, 1.165) is 6.42 Å². The normalized spacial score (nSPS) is 17.0. The molecule has 2 heterocycles. The third-order valence-corrected chi connectivity index (χ3v) is 5.01. The van der Waals surface area contributed by atoms with Gasteiger partial charge >= 0.3 is 0 Å². The largest absolute Gasteiger partial charge is 0.502 e. The van der Waals surface area contributed by atoms with Crippen molar-refractivity contribution in [2.45, 2.75) is 38.1 Å². The molecule has 0 spiro atoms. The van der Waals surface area contributed by atoms with Crippen LogP contribution in [-0.2, 0) is 5.41 Å². The summed E-state index contributed by atoms with van der Waals surface area (Å²) in [6.07, 6.45) is 2.68. The van der Waals surface area contributed by atoms with Crippen LogP contribution in [0.5, 0.6) is 5.75 Å². The van der Waals surface area contributed by atoms with Gasteiger partial charge in [-0.1, -0.05) is 12.1 Å². The first-order valence-electron chi connectivity index (χ1n) is 8.69. The number of aromatic hydroxyl groups is 1. The van der Waals surface area contributed by atoms with E-state index in [1.165, 1.54) is 18.3 Å². The van der Waals surface area contributed by atoms with Crippen LogP contribution in [0.1, 0.15) is 54.2 Å². The van der Waals surface area contributed by atoms with Gasteiger partial charge in [0.25, 0.3) is 11.5 Å². The Morgan fingerprint density at radius 3 is 2.81 bits per heavy atom. The minimum absolute atomic E-state index is 0.0756. The van der Waals surface area contributed by atoms with Crippen molar-refractivity contribution in [3.8, 4) is 11.8 Å². The summed E-state index contributed by atoms with van der Waals surface area (Å²) in [7, 11) is 0. The summed E-state index contributed by atoms with van der Waals surface area (Å²) < 4.78 is 14.6. The van der Waals surface area contributed by atoms with Crippen LogP contribution in [0.3, 0.4) is 0 Å². The van der Waals surface area contributed by atoms with Gasteiger partial charge in [0.15, 0.2) is 5.75 Å². The predicted octanol–water partition coefficient (Wildman–Crippen LogP) is 3.00. The second-order valence-electron chi connectivity index (χ2n) is 7.20. The van der Waals surface area contributed by atoms with Crippen molar-refractivity contribution >= 4 is 5.91 Å². The van der Waals surface area contributed by atoms with E-state index in [9.17, 15) is 24.3 Å². The monoisotopic (exact) mass is 369 g/mol. The van der Waals surface area contributed by atoms with Gasteiger partial charge < -0.3 is 15.0 Å². The van der Waals surface area contributed by atoms with Crippen LogP contribution in [0.4, 0.5) is 4.39 Å². The minimum atomic E-state index is -0.954. The van der Waals surface area contributed by atoms with Gasteiger partial charge in [0.2, 0.25) is 0 Å². The lowest BCUT2D eigenvalue weighted by Crippen LogP contribution is -2.31. The number of amides is 1. The highest BCUT2D eigenvalue weighted by Gasteiger charge is 2.33. The zero-order valence-electron chi connectivity index (χ0n) is 15.1. The van der Waals surface area contributed by atoms with Gasteiger partial charge in [-0.25, -0.2) is 4.39 Å². The van der Waals surface area contributed by atoms with Crippen LogP contribution in [0, 0.1) is 17.1 Å². The van der Waals surface area contributed by atoms with Crippen molar-refractivity contribution in [3.05, 3.63) is 63.3 Å². The molecular formula is C20H20FN3O3. The molecular weight excluding hydrogens is 349 g/mol. The maximum Gasteiger partial charge on any atom is 0.290 e. The van der Waals surface area contributed by atoms with E-state index in [4.69, 9.17) is 0 Å². The molecule has 140 valence electrons. The van der Waals surface area contributed by atoms with Crippen molar-refractivity contribution in [2.24, 2.45) is 0 Å². The number of nitrogens with zero attached hydrogens (tertiary/aromatic N) is 2. The average Bonchev–Trinajstić information content (AvgIpc) is 3.13. The van der Waals surface area contributed by atoms with E-state index in [1.807, 2.05) is 0 Å². The van der Waals surface area contributed by atoms with E-state index in [-0.39, 0.29) is 11.6 Å². The zero-order chi connectivity index (χ0) is 19.8. The van der Waals surface area contributed by atoms with Crippen molar-refractivity contribution in [2.75, 3.05) is 6.54 Å². The molecule has 1 atom stereocenters. The molecule has 1 aliphatic heterocycles. The molecule has 7 heteroatoms. The van der Waals surface area contributed by atoms with Crippen LogP contribution in [0.25, 0.3) is 0 Å². The second kappa shape index (κ2) is 6.88. The highest BCUT2D eigenvalue weighted by Crippen LogP contribution is 2.36. The lowest BCUT2D eigenvalue weighted by atomic mass is 9.85. The van der Waals surface area contributed by atoms with Gasteiger partial charge in [-0.05, 0) is 44.4 Å². The Balaban J connectivity index is 1.94. The highest BCUT2D eigenvalue weighted by atomic mass is 19.1. The Morgan fingerprint density at radius 2 is 2.15 bits per heavy atom. The number of benzene rings is 1. The fraction of sp³-hybridized carbons (Fsp3) is 0.350. The molecule has 0 bridgehead atoms. The first-order chi connectivity index (χ1) is 12.8. The highest BCUT2D eigenvalue weighted by molar-refractivity contribution is 5.97. The number of aromatic amines is 1.